The van der Waals surface area contributed by atoms with E-state index in [0.717, 1.165) is 11.3 Å². The Labute approximate surface area is 118 Å². The van der Waals surface area contributed by atoms with Crippen LogP contribution in [0.1, 0.15) is 17.4 Å². The summed E-state index contributed by atoms with van der Waals surface area (Å²) in [5, 5.41) is 1.92. The minimum Gasteiger partial charge on any atom is -0.461 e. The minimum atomic E-state index is -0.437. The van der Waals surface area contributed by atoms with Gasteiger partial charge in [-0.25, -0.2) is 14.2 Å². The zero-order valence-electron chi connectivity index (χ0n) is 10.7. The molecule has 0 unspecified atom stereocenters. The van der Waals surface area contributed by atoms with Gasteiger partial charge in [-0.15, -0.1) is 11.3 Å². The van der Waals surface area contributed by atoms with Gasteiger partial charge < -0.3 is 4.74 Å². The summed E-state index contributed by atoms with van der Waals surface area (Å²) in [5.74, 6) is -0.716. The van der Waals surface area contributed by atoms with Crippen molar-refractivity contribution in [2.24, 2.45) is 0 Å². The number of hydrogen-bond donors (Lipinski definition) is 0. The maximum Gasteiger partial charge on any atom is 0.358 e. The summed E-state index contributed by atoms with van der Waals surface area (Å²) >= 11 is 1.42. The molecule has 2 aromatic heterocycles. The molecule has 0 saturated carbocycles. The summed E-state index contributed by atoms with van der Waals surface area (Å²) in [4.78, 5) is 16.6. The normalized spacial score (nSPS) is 10.9. The lowest BCUT2D eigenvalue weighted by Gasteiger charge is -1.99. The van der Waals surface area contributed by atoms with Gasteiger partial charge in [-0.3, -0.25) is 4.40 Å². The molecule has 4 nitrogen and oxygen atoms in total. The van der Waals surface area contributed by atoms with Crippen LogP contribution in [0.15, 0.2) is 35.8 Å². The highest BCUT2D eigenvalue weighted by molar-refractivity contribution is 7.15. The van der Waals surface area contributed by atoms with E-state index < -0.39 is 5.97 Å². The summed E-state index contributed by atoms with van der Waals surface area (Å²) < 4.78 is 19.7. The van der Waals surface area contributed by atoms with E-state index in [1.165, 1.54) is 23.5 Å². The molecule has 3 rings (SSSR count). The van der Waals surface area contributed by atoms with Crippen LogP contribution in [0.4, 0.5) is 4.39 Å². The van der Waals surface area contributed by atoms with Crippen LogP contribution in [0.2, 0.25) is 0 Å². The summed E-state index contributed by atoms with van der Waals surface area (Å²) in [6.07, 6.45) is 1.64. The predicted molar refractivity (Wildman–Crippen MR) is 74.4 cm³/mol. The molecule has 102 valence electrons. The van der Waals surface area contributed by atoms with Gasteiger partial charge in [0.25, 0.3) is 0 Å². The van der Waals surface area contributed by atoms with Gasteiger partial charge in [-0.2, -0.15) is 0 Å². The van der Waals surface area contributed by atoms with Crippen LogP contribution in [-0.4, -0.2) is 22.0 Å². The number of carbonyl (C=O) groups is 1. The smallest absolute Gasteiger partial charge is 0.358 e. The highest BCUT2D eigenvalue weighted by atomic mass is 32.1. The van der Waals surface area contributed by atoms with Crippen LogP contribution in [-0.2, 0) is 4.74 Å². The summed E-state index contributed by atoms with van der Waals surface area (Å²) in [7, 11) is 0. The molecule has 0 atom stereocenters. The third-order valence-corrected chi connectivity index (χ3v) is 3.67. The lowest BCUT2D eigenvalue weighted by Crippen LogP contribution is -2.04. The first kappa shape index (κ1) is 12.8. The maximum atomic E-state index is 13.0. The molecule has 0 saturated heterocycles. The van der Waals surface area contributed by atoms with E-state index in [1.54, 1.807) is 25.3 Å². The average molecular weight is 290 g/mol. The zero-order chi connectivity index (χ0) is 14.1. The number of ether oxygens (including phenoxy) is 1. The van der Waals surface area contributed by atoms with Crippen molar-refractivity contribution in [3.05, 3.63) is 47.4 Å². The van der Waals surface area contributed by atoms with E-state index in [0.29, 0.717) is 11.6 Å². The van der Waals surface area contributed by atoms with Crippen molar-refractivity contribution in [1.82, 2.24) is 9.38 Å². The van der Waals surface area contributed by atoms with Crippen LogP contribution in [0, 0.1) is 5.82 Å². The summed E-state index contributed by atoms with van der Waals surface area (Å²) in [5.41, 5.74) is 2.01. The van der Waals surface area contributed by atoms with Crippen molar-refractivity contribution in [3.63, 3.8) is 0 Å². The van der Waals surface area contributed by atoms with E-state index >= 15 is 0 Å². The number of esters is 1. The van der Waals surface area contributed by atoms with Crippen LogP contribution < -0.4 is 0 Å². The highest BCUT2D eigenvalue weighted by Crippen LogP contribution is 2.26. The quantitative estimate of drug-likeness (QED) is 0.695. The Balaban J connectivity index is 2.04. The molecule has 0 bridgehead atoms. The molecule has 2 heterocycles. The van der Waals surface area contributed by atoms with Gasteiger partial charge in [0.15, 0.2) is 10.7 Å². The Morgan fingerprint density at radius 2 is 2.15 bits per heavy atom. The number of aromatic nitrogens is 2. The van der Waals surface area contributed by atoms with Crippen molar-refractivity contribution in [2.75, 3.05) is 6.61 Å². The minimum absolute atomic E-state index is 0.280. The molecule has 6 heteroatoms. The van der Waals surface area contributed by atoms with Crippen LogP contribution in [0.3, 0.4) is 0 Å². The van der Waals surface area contributed by atoms with Gasteiger partial charge in [0.2, 0.25) is 0 Å². The fourth-order valence-electron chi connectivity index (χ4n) is 1.92. The third-order valence-electron chi connectivity index (χ3n) is 2.83. The molecule has 0 amide bonds. The number of halogens is 1. The van der Waals surface area contributed by atoms with Crippen molar-refractivity contribution < 1.29 is 13.9 Å². The van der Waals surface area contributed by atoms with Crippen molar-refractivity contribution in [1.29, 1.82) is 0 Å². The Morgan fingerprint density at radius 1 is 1.40 bits per heavy atom. The molecule has 1 aromatic carbocycles. The highest BCUT2D eigenvalue weighted by Gasteiger charge is 2.15. The van der Waals surface area contributed by atoms with Gasteiger partial charge in [0.1, 0.15) is 5.82 Å². The van der Waals surface area contributed by atoms with Gasteiger partial charge in [-0.1, -0.05) is 0 Å². The topological polar surface area (TPSA) is 43.6 Å². The first-order valence-electron chi connectivity index (χ1n) is 6.08. The van der Waals surface area contributed by atoms with Gasteiger partial charge in [0.05, 0.1) is 12.3 Å². The number of carbonyl (C=O) groups excluding carboxylic acids is 1. The molecular formula is C14H11FN2O2S. The second-order valence-electron chi connectivity index (χ2n) is 4.13. The monoisotopic (exact) mass is 290 g/mol. The van der Waals surface area contributed by atoms with Crippen LogP contribution in [0.5, 0.6) is 0 Å². The van der Waals surface area contributed by atoms with E-state index in [9.17, 15) is 9.18 Å². The van der Waals surface area contributed by atoms with E-state index in [4.69, 9.17) is 4.74 Å². The van der Waals surface area contributed by atoms with E-state index in [-0.39, 0.29) is 11.5 Å². The summed E-state index contributed by atoms with van der Waals surface area (Å²) in [6.45, 7) is 2.06. The Bertz CT molecular complexity index is 761. The molecule has 0 N–H and O–H groups in total. The number of rotatable bonds is 3. The van der Waals surface area contributed by atoms with Gasteiger partial charge in [-0.05, 0) is 36.8 Å². The lowest BCUT2D eigenvalue weighted by molar-refractivity contribution is 0.0520. The molecule has 0 aliphatic heterocycles. The number of hydrogen-bond acceptors (Lipinski definition) is 4. The number of thiazole rings is 1. The molecular weight excluding hydrogens is 279 g/mol. The number of fused-ring (bicyclic) bond motifs is 1. The molecule has 0 radical (unpaired) electrons. The lowest BCUT2D eigenvalue weighted by atomic mass is 10.2. The van der Waals surface area contributed by atoms with E-state index in [2.05, 4.69) is 4.98 Å². The van der Waals surface area contributed by atoms with Gasteiger partial charge in [0, 0.05) is 11.6 Å². The first-order chi connectivity index (χ1) is 9.69. The van der Waals surface area contributed by atoms with Crippen LogP contribution in [0.25, 0.3) is 16.2 Å². The fraction of sp³-hybridized carbons (Fsp3) is 0.143. The zero-order valence-corrected chi connectivity index (χ0v) is 11.5. The molecule has 0 aliphatic rings. The van der Waals surface area contributed by atoms with Crippen molar-refractivity contribution >= 4 is 22.3 Å². The average Bonchev–Trinajstić information content (AvgIpc) is 3.00. The van der Waals surface area contributed by atoms with E-state index in [1.807, 2.05) is 9.78 Å². The Hall–Kier alpha value is -2.21. The second-order valence-corrected chi connectivity index (χ2v) is 4.96. The standard InChI is InChI=1S/C14H11FN2O2S/c1-2-19-13(18)11-7-17-12(8-20-14(17)16-11)9-3-5-10(15)6-4-9/h3-8H,2H2,1H3. The largest absolute Gasteiger partial charge is 0.461 e. The number of imidazole rings is 1. The Morgan fingerprint density at radius 3 is 2.85 bits per heavy atom. The first-order valence-corrected chi connectivity index (χ1v) is 6.96. The molecule has 0 fully saturated rings. The SMILES string of the molecule is CCOC(=O)c1cn2c(-c3ccc(F)cc3)csc2n1. The molecule has 3 aromatic rings. The van der Waals surface area contributed by atoms with Crippen molar-refractivity contribution in [2.45, 2.75) is 6.92 Å². The molecule has 0 spiro atoms. The maximum absolute atomic E-state index is 13.0. The number of benzene rings is 1. The van der Waals surface area contributed by atoms with Crippen molar-refractivity contribution in [3.8, 4) is 11.3 Å². The second kappa shape index (κ2) is 5.05. The summed E-state index contributed by atoms with van der Waals surface area (Å²) in [6, 6.07) is 6.20. The van der Waals surface area contributed by atoms with Crippen LogP contribution >= 0.6 is 11.3 Å². The fourth-order valence-corrected chi connectivity index (χ4v) is 2.80. The molecule has 20 heavy (non-hydrogen) atoms. The predicted octanol–water partition coefficient (Wildman–Crippen LogP) is 3.38. The Kier molecular flexibility index (Phi) is 3.23. The van der Waals surface area contributed by atoms with Gasteiger partial charge >= 0.3 is 5.97 Å². The molecule has 0 aliphatic carbocycles. The number of nitrogens with zero attached hydrogens (tertiary/aromatic N) is 2. The third kappa shape index (κ3) is 2.18.